The first-order chi connectivity index (χ1) is 10.7. The zero-order valence-electron chi connectivity index (χ0n) is 11.8. The molecule has 1 heterocycles. The molecule has 0 fully saturated rings. The lowest BCUT2D eigenvalue weighted by atomic mass is 10.1. The van der Waals surface area contributed by atoms with E-state index in [1.165, 1.54) is 0 Å². The van der Waals surface area contributed by atoms with Gasteiger partial charge in [-0.05, 0) is 42.5 Å². The van der Waals surface area contributed by atoms with Gasteiger partial charge < -0.3 is 10.1 Å². The zero-order valence-corrected chi connectivity index (χ0v) is 12.6. The van der Waals surface area contributed by atoms with Crippen molar-refractivity contribution in [2.24, 2.45) is 0 Å². The third-order valence-corrected chi connectivity index (χ3v) is 3.52. The van der Waals surface area contributed by atoms with E-state index < -0.39 is 0 Å². The smallest absolute Gasteiger partial charge is 0.255 e. The number of anilines is 1. The Labute approximate surface area is 132 Å². The zero-order chi connectivity index (χ0) is 15.5. The first-order valence-corrected chi connectivity index (χ1v) is 7.05. The number of methoxy groups -OCH3 is 1. The summed E-state index contributed by atoms with van der Waals surface area (Å²) in [5.74, 6) is 0.431. The summed E-state index contributed by atoms with van der Waals surface area (Å²) in [7, 11) is 1.57. The highest BCUT2D eigenvalue weighted by atomic mass is 35.5. The van der Waals surface area contributed by atoms with E-state index in [1.54, 1.807) is 55.8 Å². The highest BCUT2D eigenvalue weighted by Gasteiger charge is 2.10. The fraction of sp³-hybridized carbons (Fsp3) is 0.0588. The van der Waals surface area contributed by atoms with Gasteiger partial charge in [0.05, 0.1) is 18.3 Å². The molecule has 1 N–H and O–H groups in total. The van der Waals surface area contributed by atoms with Crippen LogP contribution in [0.1, 0.15) is 10.4 Å². The van der Waals surface area contributed by atoms with Crippen LogP contribution in [-0.4, -0.2) is 18.0 Å². The van der Waals surface area contributed by atoms with E-state index in [0.29, 0.717) is 22.0 Å². The standard InChI is InChI=1S/C17H13ClN2O2/c1-22-13-4-2-3-11(9-13)17(21)20-15-7-8-19-16-10-12(18)5-6-14(15)16/h2-10H,1H3,(H,19,20,21). The first kappa shape index (κ1) is 14.4. The maximum atomic E-state index is 12.4. The molecule has 0 saturated carbocycles. The number of ether oxygens (including phenoxy) is 1. The van der Waals surface area contributed by atoms with E-state index in [-0.39, 0.29) is 5.91 Å². The molecular weight excluding hydrogens is 300 g/mol. The Bertz CT molecular complexity index is 849. The molecule has 22 heavy (non-hydrogen) atoms. The Balaban J connectivity index is 1.94. The summed E-state index contributed by atoms with van der Waals surface area (Å²) in [6.45, 7) is 0. The van der Waals surface area contributed by atoms with Crippen molar-refractivity contribution in [1.29, 1.82) is 0 Å². The number of halogens is 1. The van der Waals surface area contributed by atoms with Gasteiger partial charge in [0, 0.05) is 22.2 Å². The molecule has 4 nitrogen and oxygen atoms in total. The van der Waals surface area contributed by atoms with Crippen LogP contribution in [0.15, 0.2) is 54.7 Å². The number of aromatic nitrogens is 1. The number of carbonyl (C=O) groups excluding carboxylic acids is 1. The number of amides is 1. The summed E-state index contributed by atoms with van der Waals surface area (Å²) in [6, 6.07) is 14.1. The van der Waals surface area contributed by atoms with Gasteiger partial charge in [-0.15, -0.1) is 0 Å². The molecule has 3 rings (SSSR count). The fourth-order valence-electron chi connectivity index (χ4n) is 2.19. The van der Waals surface area contributed by atoms with Crippen LogP contribution in [0.5, 0.6) is 5.75 Å². The van der Waals surface area contributed by atoms with Gasteiger partial charge in [0.1, 0.15) is 5.75 Å². The van der Waals surface area contributed by atoms with Gasteiger partial charge in [0.15, 0.2) is 0 Å². The number of nitrogens with zero attached hydrogens (tertiary/aromatic N) is 1. The van der Waals surface area contributed by atoms with Crippen LogP contribution in [0.3, 0.4) is 0 Å². The Morgan fingerprint density at radius 1 is 1.18 bits per heavy atom. The summed E-state index contributed by atoms with van der Waals surface area (Å²) in [5, 5.41) is 4.34. The number of fused-ring (bicyclic) bond motifs is 1. The van der Waals surface area contributed by atoms with Crippen LogP contribution in [0.2, 0.25) is 5.02 Å². The second kappa shape index (κ2) is 6.03. The number of pyridine rings is 1. The Morgan fingerprint density at radius 3 is 2.86 bits per heavy atom. The molecule has 0 saturated heterocycles. The summed E-state index contributed by atoms with van der Waals surface area (Å²) in [4.78, 5) is 16.6. The van der Waals surface area contributed by atoms with E-state index in [0.717, 1.165) is 10.9 Å². The normalized spacial score (nSPS) is 10.5. The Kier molecular flexibility index (Phi) is 3.94. The predicted molar refractivity (Wildman–Crippen MR) is 87.7 cm³/mol. The number of benzene rings is 2. The minimum Gasteiger partial charge on any atom is -0.497 e. The van der Waals surface area contributed by atoms with Gasteiger partial charge in [0.2, 0.25) is 0 Å². The molecule has 0 bridgehead atoms. The second-order valence-corrected chi connectivity index (χ2v) is 5.14. The lowest BCUT2D eigenvalue weighted by Crippen LogP contribution is -2.12. The fourth-order valence-corrected chi connectivity index (χ4v) is 2.36. The lowest BCUT2D eigenvalue weighted by Gasteiger charge is -2.09. The van der Waals surface area contributed by atoms with Gasteiger partial charge in [0.25, 0.3) is 5.91 Å². The van der Waals surface area contributed by atoms with Crippen molar-refractivity contribution in [2.75, 3.05) is 12.4 Å². The van der Waals surface area contributed by atoms with Crippen molar-refractivity contribution in [2.45, 2.75) is 0 Å². The van der Waals surface area contributed by atoms with Crippen molar-refractivity contribution in [3.05, 3.63) is 65.3 Å². The van der Waals surface area contributed by atoms with Gasteiger partial charge in [-0.25, -0.2) is 0 Å². The molecule has 0 aliphatic heterocycles. The number of hydrogen-bond acceptors (Lipinski definition) is 3. The second-order valence-electron chi connectivity index (χ2n) is 4.71. The maximum Gasteiger partial charge on any atom is 0.255 e. The molecule has 0 unspecified atom stereocenters. The molecule has 1 amide bonds. The number of rotatable bonds is 3. The third-order valence-electron chi connectivity index (χ3n) is 3.28. The van der Waals surface area contributed by atoms with Crippen LogP contribution in [0.25, 0.3) is 10.9 Å². The Hall–Kier alpha value is -2.59. The molecule has 3 aromatic rings. The summed E-state index contributed by atoms with van der Waals surface area (Å²) in [5.41, 5.74) is 1.95. The maximum absolute atomic E-state index is 12.4. The molecule has 110 valence electrons. The minimum absolute atomic E-state index is 0.207. The van der Waals surface area contributed by atoms with Gasteiger partial charge in [-0.3, -0.25) is 9.78 Å². The molecule has 0 radical (unpaired) electrons. The third kappa shape index (κ3) is 2.87. The van der Waals surface area contributed by atoms with Crippen LogP contribution < -0.4 is 10.1 Å². The van der Waals surface area contributed by atoms with Crippen LogP contribution in [-0.2, 0) is 0 Å². The molecule has 0 spiro atoms. The number of carbonyl (C=O) groups is 1. The van der Waals surface area contributed by atoms with Crippen molar-refractivity contribution in [3.63, 3.8) is 0 Å². The highest BCUT2D eigenvalue weighted by Crippen LogP contribution is 2.25. The largest absolute Gasteiger partial charge is 0.497 e. The lowest BCUT2D eigenvalue weighted by molar-refractivity contribution is 0.102. The van der Waals surface area contributed by atoms with Gasteiger partial charge in [-0.2, -0.15) is 0 Å². The predicted octanol–water partition coefficient (Wildman–Crippen LogP) is 4.15. The van der Waals surface area contributed by atoms with Crippen molar-refractivity contribution < 1.29 is 9.53 Å². The van der Waals surface area contributed by atoms with Crippen LogP contribution >= 0.6 is 11.6 Å². The monoisotopic (exact) mass is 312 g/mol. The van der Waals surface area contributed by atoms with E-state index in [4.69, 9.17) is 16.3 Å². The summed E-state index contributed by atoms with van der Waals surface area (Å²) in [6.07, 6.45) is 1.64. The molecule has 5 heteroatoms. The first-order valence-electron chi connectivity index (χ1n) is 6.67. The molecular formula is C17H13ClN2O2. The van der Waals surface area contributed by atoms with Crippen LogP contribution in [0, 0.1) is 0 Å². The van der Waals surface area contributed by atoms with E-state index in [1.807, 2.05) is 6.07 Å². The SMILES string of the molecule is COc1cccc(C(=O)Nc2ccnc3cc(Cl)ccc23)c1. The summed E-state index contributed by atoms with van der Waals surface area (Å²) < 4.78 is 5.13. The molecule has 0 aliphatic carbocycles. The quantitative estimate of drug-likeness (QED) is 0.790. The molecule has 2 aromatic carbocycles. The molecule has 0 atom stereocenters. The number of hydrogen-bond donors (Lipinski definition) is 1. The molecule has 1 aromatic heterocycles. The van der Waals surface area contributed by atoms with Crippen LogP contribution in [0.4, 0.5) is 5.69 Å². The van der Waals surface area contributed by atoms with Crippen molar-refractivity contribution in [1.82, 2.24) is 4.98 Å². The molecule has 0 aliphatic rings. The van der Waals surface area contributed by atoms with E-state index in [9.17, 15) is 4.79 Å². The van der Waals surface area contributed by atoms with E-state index in [2.05, 4.69) is 10.3 Å². The Morgan fingerprint density at radius 2 is 2.05 bits per heavy atom. The van der Waals surface area contributed by atoms with Crippen molar-refractivity contribution >= 4 is 34.1 Å². The topological polar surface area (TPSA) is 51.2 Å². The van der Waals surface area contributed by atoms with Gasteiger partial charge in [-0.1, -0.05) is 17.7 Å². The minimum atomic E-state index is -0.207. The summed E-state index contributed by atoms with van der Waals surface area (Å²) >= 11 is 5.96. The van der Waals surface area contributed by atoms with E-state index >= 15 is 0 Å². The number of nitrogens with one attached hydrogen (secondary N) is 1. The average molecular weight is 313 g/mol. The average Bonchev–Trinajstić information content (AvgIpc) is 2.54. The van der Waals surface area contributed by atoms with Gasteiger partial charge >= 0.3 is 0 Å². The van der Waals surface area contributed by atoms with Crippen molar-refractivity contribution in [3.8, 4) is 5.75 Å². The highest BCUT2D eigenvalue weighted by molar-refractivity contribution is 6.31.